The van der Waals surface area contributed by atoms with E-state index < -0.39 is 0 Å². The molecule has 0 aromatic carbocycles. The highest BCUT2D eigenvalue weighted by molar-refractivity contribution is 5.90. The Labute approximate surface area is 107 Å². The molecule has 2 rings (SSSR count). The van der Waals surface area contributed by atoms with Crippen molar-refractivity contribution in [1.29, 1.82) is 0 Å². The number of piperidine rings is 1. The first kappa shape index (κ1) is 13.0. The van der Waals surface area contributed by atoms with Crippen LogP contribution in [0.3, 0.4) is 0 Å². The number of likely N-dealkylation sites (tertiary alicyclic amines) is 1. The summed E-state index contributed by atoms with van der Waals surface area (Å²) in [5.74, 6) is 1.54. The lowest BCUT2D eigenvalue weighted by atomic mass is 9.96. The highest BCUT2D eigenvalue weighted by Gasteiger charge is 2.28. The SMILES string of the molecule is CC1CC(N)CN(C(=O)c2n[nH]c(C(C)C)n2)C1. The molecule has 1 aromatic heterocycles. The molecule has 6 nitrogen and oxygen atoms in total. The molecule has 100 valence electrons. The van der Waals surface area contributed by atoms with Gasteiger partial charge in [-0.3, -0.25) is 9.89 Å². The van der Waals surface area contributed by atoms with Crippen LogP contribution in [-0.4, -0.2) is 45.1 Å². The quantitative estimate of drug-likeness (QED) is 0.811. The van der Waals surface area contributed by atoms with Crippen molar-refractivity contribution in [3.05, 3.63) is 11.6 Å². The lowest BCUT2D eigenvalue weighted by molar-refractivity contribution is 0.0649. The molecule has 6 heteroatoms. The van der Waals surface area contributed by atoms with Gasteiger partial charge in [-0.2, -0.15) is 0 Å². The minimum absolute atomic E-state index is 0.0567. The first-order valence-corrected chi connectivity index (χ1v) is 6.44. The Kier molecular flexibility index (Phi) is 3.65. The number of H-pyrrole nitrogens is 1. The number of amides is 1. The van der Waals surface area contributed by atoms with Crippen LogP contribution in [0.15, 0.2) is 0 Å². The predicted octanol–water partition coefficient (Wildman–Crippen LogP) is 0.737. The maximum Gasteiger partial charge on any atom is 0.293 e. The summed E-state index contributed by atoms with van der Waals surface area (Å²) < 4.78 is 0. The molecule has 18 heavy (non-hydrogen) atoms. The third kappa shape index (κ3) is 2.69. The molecule has 0 spiro atoms. The zero-order chi connectivity index (χ0) is 13.3. The number of rotatable bonds is 2. The number of carbonyl (C=O) groups is 1. The minimum Gasteiger partial charge on any atom is -0.334 e. The second-order valence-corrected chi connectivity index (χ2v) is 5.51. The molecule has 0 saturated carbocycles. The van der Waals surface area contributed by atoms with Gasteiger partial charge >= 0.3 is 0 Å². The van der Waals surface area contributed by atoms with Gasteiger partial charge in [0.2, 0.25) is 5.82 Å². The van der Waals surface area contributed by atoms with Gasteiger partial charge in [-0.15, -0.1) is 5.10 Å². The number of aromatic amines is 1. The van der Waals surface area contributed by atoms with Crippen molar-refractivity contribution >= 4 is 5.91 Å². The van der Waals surface area contributed by atoms with Crippen molar-refractivity contribution < 1.29 is 4.79 Å². The molecule has 1 aliphatic heterocycles. The molecule has 2 unspecified atom stereocenters. The maximum absolute atomic E-state index is 12.3. The van der Waals surface area contributed by atoms with Crippen LogP contribution in [0.2, 0.25) is 0 Å². The monoisotopic (exact) mass is 251 g/mol. The van der Waals surface area contributed by atoms with E-state index in [9.17, 15) is 4.79 Å². The summed E-state index contributed by atoms with van der Waals surface area (Å²) in [6.45, 7) is 7.45. The lowest BCUT2D eigenvalue weighted by Crippen LogP contribution is -2.49. The Morgan fingerprint density at radius 3 is 2.78 bits per heavy atom. The first-order chi connectivity index (χ1) is 8.47. The molecule has 0 aliphatic carbocycles. The van der Waals surface area contributed by atoms with Gasteiger partial charge in [0, 0.05) is 25.0 Å². The van der Waals surface area contributed by atoms with Gasteiger partial charge in [0.1, 0.15) is 5.82 Å². The van der Waals surface area contributed by atoms with Gasteiger partial charge in [0.25, 0.3) is 5.91 Å². The van der Waals surface area contributed by atoms with Crippen LogP contribution < -0.4 is 5.73 Å². The molecule has 0 bridgehead atoms. The predicted molar refractivity (Wildman–Crippen MR) is 68.1 cm³/mol. The normalized spacial score (nSPS) is 24.6. The van der Waals surface area contributed by atoms with Crippen molar-refractivity contribution in [1.82, 2.24) is 20.1 Å². The van der Waals surface area contributed by atoms with E-state index in [0.29, 0.717) is 12.5 Å². The molecule has 1 fully saturated rings. The number of aromatic nitrogens is 3. The van der Waals surface area contributed by atoms with E-state index in [2.05, 4.69) is 22.1 Å². The number of nitrogens with two attached hydrogens (primary N) is 1. The fraction of sp³-hybridized carbons (Fsp3) is 0.750. The lowest BCUT2D eigenvalue weighted by Gasteiger charge is -2.34. The fourth-order valence-corrected chi connectivity index (χ4v) is 2.34. The van der Waals surface area contributed by atoms with Crippen LogP contribution in [0.25, 0.3) is 0 Å². The minimum atomic E-state index is -0.125. The Hall–Kier alpha value is -1.43. The molecular weight excluding hydrogens is 230 g/mol. The molecule has 1 aromatic rings. The van der Waals surface area contributed by atoms with Crippen molar-refractivity contribution in [2.24, 2.45) is 11.7 Å². The van der Waals surface area contributed by atoms with Crippen molar-refractivity contribution in [2.75, 3.05) is 13.1 Å². The third-order valence-electron chi connectivity index (χ3n) is 3.22. The number of nitrogens with one attached hydrogen (secondary N) is 1. The van der Waals surface area contributed by atoms with Crippen LogP contribution in [0, 0.1) is 5.92 Å². The topological polar surface area (TPSA) is 87.9 Å². The van der Waals surface area contributed by atoms with Gasteiger partial charge in [-0.1, -0.05) is 20.8 Å². The Bertz CT molecular complexity index is 418. The molecule has 1 amide bonds. The van der Waals surface area contributed by atoms with E-state index in [0.717, 1.165) is 18.8 Å². The van der Waals surface area contributed by atoms with E-state index >= 15 is 0 Å². The van der Waals surface area contributed by atoms with E-state index in [-0.39, 0.29) is 23.7 Å². The van der Waals surface area contributed by atoms with E-state index in [1.807, 2.05) is 13.8 Å². The van der Waals surface area contributed by atoms with Crippen molar-refractivity contribution in [3.63, 3.8) is 0 Å². The zero-order valence-corrected chi connectivity index (χ0v) is 11.2. The number of hydrogen-bond acceptors (Lipinski definition) is 4. The molecule has 3 N–H and O–H groups in total. The highest BCUT2D eigenvalue weighted by Crippen LogP contribution is 2.17. The number of nitrogens with zero attached hydrogens (tertiary/aromatic N) is 3. The van der Waals surface area contributed by atoms with Crippen LogP contribution in [-0.2, 0) is 0 Å². The maximum atomic E-state index is 12.3. The Balaban J connectivity index is 2.10. The van der Waals surface area contributed by atoms with Crippen LogP contribution in [0.1, 0.15) is 49.6 Å². The molecule has 1 saturated heterocycles. The second kappa shape index (κ2) is 5.06. The molecule has 2 heterocycles. The van der Waals surface area contributed by atoms with Gasteiger partial charge in [-0.05, 0) is 12.3 Å². The second-order valence-electron chi connectivity index (χ2n) is 5.51. The van der Waals surface area contributed by atoms with E-state index in [1.165, 1.54) is 0 Å². The van der Waals surface area contributed by atoms with Crippen LogP contribution >= 0.6 is 0 Å². The standard InChI is InChI=1S/C12H21N5O/c1-7(2)10-14-11(16-15-10)12(18)17-5-8(3)4-9(13)6-17/h7-9H,4-6,13H2,1-3H3,(H,14,15,16). The third-order valence-corrected chi connectivity index (χ3v) is 3.22. The molecule has 2 atom stereocenters. The Morgan fingerprint density at radius 1 is 1.50 bits per heavy atom. The fourth-order valence-electron chi connectivity index (χ4n) is 2.34. The van der Waals surface area contributed by atoms with Crippen molar-refractivity contribution in [3.8, 4) is 0 Å². The summed E-state index contributed by atoms with van der Waals surface area (Å²) in [5, 5.41) is 6.80. The Morgan fingerprint density at radius 2 is 2.22 bits per heavy atom. The summed E-state index contributed by atoms with van der Waals surface area (Å²) in [5.41, 5.74) is 5.94. The zero-order valence-electron chi connectivity index (χ0n) is 11.2. The van der Waals surface area contributed by atoms with E-state index in [1.54, 1.807) is 4.90 Å². The summed E-state index contributed by atoms with van der Waals surface area (Å²) in [4.78, 5) is 18.2. The number of carbonyl (C=O) groups excluding carboxylic acids is 1. The van der Waals surface area contributed by atoms with Gasteiger partial charge in [0.15, 0.2) is 0 Å². The highest BCUT2D eigenvalue weighted by atomic mass is 16.2. The first-order valence-electron chi connectivity index (χ1n) is 6.44. The van der Waals surface area contributed by atoms with Crippen LogP contribution in [0.4, 0.5) is 0 Å². The molecule has 0 radical (unpaired) electrons. The summed E-state index contributed by atoms with van der Waals surface area (Å²) in [7, 11) is 0. The van der Waals surface area contributed by atoms with E-state index in [4.69, 9.17) is 5.73 Å². The smallest absolute Gasteiger partial charge is 0.293 e. The van der Waals surface area contributed by atoms with Crippen LogP contribution in [0.5, 0.6) is 0 Å². The van der Waals surface area contributed by atoms with Crippen molar-refractivity contribution in [2.45, 2.75) is 39.2 Å². The average molecular weight is 251 g/mol. The summed E-state index contributed by atoms with van der Waals surface area (Å²) in [6.07, 6.45) is 0.967. The summed E-state index contributed by atoms with van der Waals surface area (Å²) in [6, 6.07) is 0.0567. The summed E-state index contributed by atoms with van der Waals surface area (Å²) >= 11 is 0. The number of hydrogen-bond donors (Lipinski definition) is 2. The molecule has 1 aliphatic rings. The van der Waals surface area contributed by atoms with Gasteiger partial charge in [-0.25, -0.2) is 4.98 Å². The largest absolute Gasteiger partial charge is 0.334 e. The average Bonchev–Trinajstić information content (AvgIpc) is 2.75. The van der Waals surface area contributed by atoms with Gasteiger partial charge < -0.3 is 10.6 Å². The van der Waals surface area contributed by atoms with Gasteiger partial charge in [0.05, 0.1) is 0 Å². The molecular formula is C12H21N5O.